The second-order valence-corrected chi connectivity index (χ2v) is 4.74. The first-order valence-electron chi connectivity index (χ1n) is 5.86. The molecule has 2 aliphatic rings. The van der Waals surface area contributed by atoms with Gasteiger partial charge in [-0.1, -0.05) is 0 Å². The molecule has 0 bridgehead atoms. The minimum atomic E-state index is 0.330. The van der Waals surface area contributed by atoms with Crippen molar-refractivity contribution in [3.63, 3.8) is 0 Å². The van der Waals surface area contributed by atoms with Crippen LogP contribution in [0.2, 0.25) is 0 Å². The molecule has 2 saturated heterocycles. The summed E-state index contributed by atoms with van der Waals surface area (Å²) in [6.45, 7) is 8.96. The van der Waals surface area contributed by atoms with Crippen LogP contribution in [-0.2, 0) is 4.74 Å². The van der Waals surface area contributed by atoms with Crippen molar-refractivity contribution in [3.8, 4) is 0 Å². The lowest BCUT2D eigenvalue weighted by molar-refractivity contribution is 0.00925. The maximum absolute atomic E-state index is 5.68. The summed E-state index contributed by atoms with van der Waals surface area (Å²) >= 11 is 0. The van der Waals surface area contributed by atoms with E-state index >= 15 is 0 Å². The van der Waals surface area contributed by atoms with E-state index in [4.69, 9.17) is 4.74 Å². The predicted octanol–water partition coefficient (Wildman–Crippen LogP) is 1.05. The molecule has 2 rings (SSSR count). The molecule has 2 unspecified atom stereocenters. The normalized spacial score (nSPS) is 35.4. The summed E-state index contributed by atoms with van der Waals surface area (Å²) < 4.78 is 5.68. The van der Waals surface area contributed by atoms with Crippen molar-refractivity contribution in [1.29, 1.82) is 0 Å². The van der Waals surface area contributed by atoms with Gasteiger partial charge >= 0.3 is 0 Å². The van der Waals surface area contributed by atoms with E-state index in [0.717, 1.165) is 13.2 Å². The zero-order valence-corrected chi connectivity index (χ0v) is 9.33. The van der Waals surface area contributed by atoms with Crippen LogP contribution in [0.15, 0.2) is 0 Å². The molecule has 2 fully saturated rings. The van der Waals surface area contributed by atoms with Crippen LogP contribution in [0.4, 0.5) is 0 Å². The smallest absolute Gasteiger partial charge is 0.112 e. The Balaban J connectivity index is 1.86. The van der Waals surface area contributed by atoms with Gasteiger partial charge < -0.3 is 9.64 Å². The van der Waals surface area contributed by atoms with Gasteiger partial charge in [-0.15, -0.1) is 0 Å². The Hall–Kier alpha value is -0.120. The summed E-state index contributed by atoms with van der Waals surface area (Å²) in [6, 6.07) is 0.680. The molecule has 0 aliphatic carbocycles. The molecule has 0 spiro atoms. The van der Waals surface area contributed by atoms with E-state index in [1.165, 1.54) is 25.9 Å². The van der Waals surface area contributed by atoms with Gasteiger partial charge in [0, 0.05) is 25.0 Å². The predicted molar refractivity (Wildman–Crippen MR) is 57.2 cm³/mol. The summed E-state index contributed by atoms with van der Waals surface area (Å²) in [7, 11) is 0. The zero-order valence-electron chi connectivity index (χ0n) is 9.33. The third kappa shape index (κ3) is 2.27. The monoisotopic (exact) mass is 198 g/mol. The minimum Gasteiger partial charge on any atom is -0.362 e. The van der Waals surface area contributed by atoms with Gasteiger partial charge in [0.25, 0.3) is 0 Å². The third-order valence-electron chi connectivity index (χ3n) is 3.39. The Kier molecular flexibility index (Phi) is 3.42. The molecular formula is C11H22N2O. The molecule has 0 aromatic rings. The molecule has 82 valence electrons. The van der Waals surface area contributed by atoms with Gasteiger partial charge in [0.05, 0.1) is 6.61 Å². The van der Waals surface area contributed by atoms with Crippen molar-refractivity contribution in [3.05, 3.63) is 0 Å². The molecule has 2 aliphatic heterocycles. The van der Waals surface area contributed by atoms with Crippen molar-refractivity contribution >= 4 is 0 Å². The van der Waals surface area contributed by atoms with Crippen LogP contribution in [0.5, 0.6) is 0 Å². The van der Waals surface area contributed by atoms with E-state index < -0.39 is 0 Å². The number of nitrogens with one attached hydrogen (secondary N) is 1. The van der Waals surface area contributed by atoms with E-state index in [2.05, 4.69) is 24.1 Å². The molecule has 3 heteroatoms. The Morgan fingerprint density at radius 3 is 2.93 bits per heavy atom. The van der Waals surface area contributed by atoms with E-state index in [1.807, 2.05) is 0 Å². The van der Waals surface area contributed by atoms with Crippen molar-refractivity contribution in [2.45, 2.75) is 39.0 Å². The van der Waals surface area contributed by atoms with E-state index in [1.54, 1.807) is 0 Å². The molecule has 3 nitrogen and oxygen atoms in total. The number of likely N-dealkylation sites (tertiary alicyclic amines) is 1. The van der Waals surface area contributed by atoms with Gasteiger partial charge in [0.2, 0.25) is 0 Å². The van der Waals surface area contributed by atoms with Crippen LogP contribution in [0.25, 0.3) is 0 Å². The zero-order chi connectivity index (χ0) is 9.97. The first-order chi connectivity index (χ1) is 6.77. The number of hydrogen-bond acceptors (Lipinski definition) is 3. The second-order valence-electron chi connectivity index (χ2n) is 4.74. The second kappa shape index (κ2) is 4.60. The summed E-state index contributed by atoms with van der Waals surface area (Å²) in [5.41, 5.74) is 0. The fourth-order valence-electron chi connectivity index (χ4n) is 2.51. The van der Waals surface area contributed by atoms with Crippen LogP contribution in [-0.4, -0.2) is 43.4 Å². The van der Waals surface area contributed by atoms with Crippen LogP contribution in [0, 0.1) is 5.92 Å². The SMILES string of the molecule is CC(C)N1CCCC(C2NCCO2)C1. The van der Waals surface area contributed by atoms with Crippen LogP contribution < -0.4 is 5.32 Å². The summed E-state index contributed by atoms with van der Waals surface area (Å²) in [6.07, 6.45) is 2.97. The van der Waals surface area contributed by atoms with Gasteiger partial charge in [-0.05, 0) is 33.2 Å². The molecule has 0 aromatic carbocycles. The van der Waals surface area contributed by atoms with Gasteiger partial charge in [-0.3, -0.25) is 5.32 Å². The highest BCUT2D eigenvalue weighted by Crippen LogP contribution is 2.23. The largest absolute Gasteiger partial charge is 0.362 e. The highest BCUT2D eigenvalue weighted by molar-refractivity contribution is 4.81. The Labute approximate surface area is 86.8 Å². The molecular weight excluding hydrogens is 176 g/mol. The highest BCUT2D eigenvalue weighted by Gasteiger charge is 2.30. The molecule has 2 heterocycles. The fraction of sp³-hybridized carbons (Fsp3) is 1.00. The minimum absolute atomic E-state index is 0.330. The molecule has 0 saturated carbocycles. The number of piperidine rings is 1. The number of hydrogen-bond donors (Lipinski definition) is 1. The number of rotatable bonds is 2. The molecule has 2 atom stereocenters. The standard InChI is InChI=1S/C11H22N2O/c1-9(2)13-6-3-4-10(8-13)11-12-5-7-14-11/h9-12H,3-8H2,1-2H3. The van der Waals surface area contributed by atoms with Crippen LogP contribution in [0.3, 0.4) is 0 Å². The van der Waals surface area contributed by atoms with E-state index in [9.17, 15) is 0 Å². The Morgan fingerprint density at radius 2 is 2.29 bits per heavy atom. The average molecular weight is 198 g/mol. The van der Waals surface area contributed by atoms with Gasteiger partial charge in [-0.25, -0.2) is 0 Å². The molecule has 0 radical (unpaired) electrons. The summed E-state index contributed by atoms with van der Waals surface area (Å²) in [5, 5.41) is 3.44. The van der Waals surface area contributed by atoms with E-state index in [0.29, 0.717) is 18.2 Å². The van der Waals surface area contributed by atoms with Crippen molar-refractivity contribution in [2.24, 2.45) is 5.92 Å². The average Bonchev–Trinajstić information content (AvgIpc) is 2.71. The fourth-order valence-corrected chi connectivity index (χ4v) is 2.51. The van der Waals surface area contributed by atoms with Gasteiger partial charge in [0.15, 0.2) is 0 Å². The quantitative estimate of drug-likeness (QED) is 0.718. The van der Waals surface area contributed by atoms with Crippen molar-refractivity contribution in [1.82, 2.24) is 10.2 Å². The highest BCUT2D eigenvalue weighted by atomic mass is 16.5. The lowest BCUT2D eigenvalue weighted by Gasteiger charge is -2.37. The summed E-state index contributed by atoms with van der Waals surface area (Å²) in [4.78, 5) is 2.57. The number of nitrogens with zero attached hydrogens (tertiary/aromatic N) is 1. The van der Waals surface area contributed by atoms with Crippen molar-refractivity contribution in [2.75, 3.05) is 26.2 Å². The van der Waals surface area contributed by atoms with Crippen LogP contribution >= 0.6 is 0 Å². The Morgan fingerprint density at radius 1 is 1.43 bits per heavy atom. The van der Waals surface area contributed by atoms with Crippen molar-refractivity contribution < 1.29 is 4.74 Å². The molecule has 1 N–H and O–H groups in total. The van der Waals surface area contributed by atoms with Crippen LogP contribution in [0.1, 0.15) is 26.7 Å². The first-order valence-corrected chi connectivity index (χ1v) is 5.86. The summed E-state index contributed by atoms with van der Waals surface area (Å²) in [5.74, 6) is 0.702. The number of ether oxygens (including phenoxy) is 1. The lowest BCUT2D eigenvalue weighted by Crippen LogP contribution is -2.46. The first kappa shape index (κ1) is 10.4. The van der Waals surface area contributed by atoms with E-state index in [-0.39, 0.29) is 0 Å². The topological polar surface area (TPSA) is 24.5 Å². The Bertz CT molecular complexity index is 178. The molecule has 14 heavy (non-hydrogen) atoms. The third-order valence-corrected chi connectivity index (χ3v) is 3.39. The maximum atomic E-state index is 5.68. The lowest BCUT2D eigenvalue weighted by atomic mass is 9.95. The molecule has 0 amide bonds. The van der Waals surface area contributed by atoms with Gasteiger partial charge in [-0.2, -0.15) is 0 Å². The van der Waals surface area contributed by atoms with Gasteiger partial charge in [0.1, 0.15) is 6.23 Å². The molecule has 0 aromatic heterocycles. The maximum Gasteiger partial charge on any atom is 0.112 e.